The fourth-order valence-electron chi connectivity index (χ4n) is 3.74. The van der Waals surface area contributed by atoms with Crippen LogP contribution in [-0.2, 0) is 4.79 Å². The van der Waals surface area contributed by atoms with Gasteiger partial charge in [-0.25, -0.2) is 0 Å². The highest BCUT2D eigenvalue weighted by atomic mass is 35.5. The summed E-state index contributed by atoms with van der Waals surface area (Å²) in [6.45, 7) is -0.123. The SMILES string of the molecule is Cl.O=C(NCC1CCCNC1)C1CCCN1C(=O)c1ccccc1OC(F)F. The highest BCUT2D eigenvalue weighted by Gasteiger charge is 2.35. The van der Waals surface area contributed by atoms with Crippen LogP contribution in [0.15, 0.2) is 24.3 Å². The summed E-state index contributed by atoms with van der Waals surface area (Å²) in [6.07, 6.45) is 3.43. The average Bonchev–Trinajstić information content (AvgIpc) is 3.16. The number of carbonyl (C=O) groups excluding carboxylic acids is 2. The van der Waals surface area contributed by atoms with Gasteiger partial charge >= 0.3 is 6.61 Å². The van der Waals surface area contributed by atoms with E-state index in [0.717, 1.165) is 25.9 Å². The van der Waals surface area contributed by atoms with Crippen LogP contribution in [0.25, 0.3) is 0 Å². The lowest BCUT2D eigenvalue weighted by Crippen LogP contribution is -2.48. The molecule has 0 radical (unpaired) electrons. The summed E-state index contributed by atoms with van der Waals surface area (Å²) in [5.74, 6) is -0.410. The molecule has 2 atom stereocenters. The van der Waals surface area contributed by atoms with Crippen LogP contribution in [0.5, 0.6) is 5.75 Å². The van der Waals surface area contributed by atoms with Crippen molar-refractivity contribution in [3.63, 3.8) is 0 Å². The van der Waals surface area contributed by atoms with E-state index in [1.54, 1.807) is 6.07 Å². The van der Waals surface area contributed by atoms with Crippen molar-refractivity contribution in [3.8, 4) is 5.75 Å². The Morgan fingerprint density at radius 3 is 2.75 bits per heavy atom. The third kappa shape index (κ3) is 5.54. The van der Waals surface area contributed by atoms with Crippen LogP contribution >= 0.6 is 12.4 Å². The molecule has 9 heteroatoms. The van der Waals surface area contributed by atoms with Gasteiger partial charge in [-0.15, -0.1) is 12.4 Å². The number of likely N-dealkylation sites (tertiary alicyclic amines) is 1. The van der Waals surface area contributed by atoms with Crippen LogP contribution in [-0.4, -0.2) is 55.5 Å². The molecule has 2 N–H and O–H groups in total. The van der Waals surface area contributed by atoms with E-state index < -0.39 is 18.6 Å². The maximum Gasteiger partial charge on any atom is 0.387 e. The Morgan fingerprint density at radius 2 is 2.04 bits per heavy atom. The third-order valence-corrected chi connectivity index (χ3v) is 5.11. The number of carbonyl (C=O) groups is 2. The zero-order valence-electron chi connectivity index (χ0n) is 15.5. The Hall–Kier alpha value is -1.93. The first-order chi connectivity index (χ1) is 13.1. The fraction of sp³-hybridized carbons (Fsp3) is 0.579. The van der Waals surface area contributed by atoms with Crippen molar-refractivity contribution < 1.29 is 23.1 Å². The molecule has 2 saturated heterocycles. The Balaban J connectivity index is 0.00000280. The largest absolute Gasteiger partial charge is 0.434 e. The molecule has 0 bridgehead atoms. The van der Waals surface area contributed by atoms with Crippen molar-refractivity contribution in [2.75, 3.05) is 26.2 Å². The number of ether oxygens (including phenoxy) is 1. The fourth-order valence-corrected chi connectivity index (χ4v) is 3.74. The van der Waals surface area contributed by atoms with Crippen LogP contribution < -0.4 is 15.4 Å². The molecule has 2 heterocycles. The summed E-state index contributed by atoms with van der Waals surface area (Å²) in [4.78, 5) is 27.0. The minimum Gasteiger partial charge on any atom is -0.434 e. The van der Waals surface area contributed by atoms with Crippen LogP contribution in [0.3, 0.4) is 0 Å². The van der Waals surface area contributed by atoms with Crippen molar-refractivity contribution in [3.05, 3.63) is 29.8 Å². The molecule has 2 unspecified atom stereocenters. The zero-order chi connectivity index (χ0) is 19.2. The van der Waals surface area contributed by atoms with E-state index in [1.165, 1.54) is 23.1 Å². The first-order valence-electron chi connectivity index (χ1n) is 9.39. The monoisotopic (exact) mass is 417 g/mol. The topological polar surface area (TPSA) is 70.7 Å². The molecule has 1 aromatic rings. The van der Waals surface area contributed by atoms with Crippen molar-refractivity contribution in [1.29, 1.82) is 0 Å². The highest BCUT2D eigenvalue weighted by molar-refractivity contribution is 6.00. The number of amides is 2. The van der Waals surface area contributed by atoms with E-state index in [0.29, 0.717) is 31.8 Å². The molecule has 6 nitrogen and oxygen atoms in total. The molecule has 0 saturated carbocycles. The number of hydrogen-bond acceptors (Lipinski definition) is 4. The van der Waals surface area contributed by atoms with Gasteiger partial charge in [0.1, 0.15) is 11.8 Å². The zero-order valence-corrected chi connectivity index (χ0v) is 16.4. The number of rotatable bonds is 6. The molecule has 2 aliphatic rings. The molecule has 0 spiro atoms. The molecule has 0 aromatic heterocycles. The second-order valence-electron chi connectivity index (χ2n) is 6.99. The summed E-state index contributed by atoms with van der Waals surface area (Å²) in [6, 6.07) is 5.32. The smallest absolute Gasteiger partial charge is 0.387 e. The minimum atomic E-state index is -3.01. The normalized spacial score (nSPS) is 21.9. The molecular weight excluding hydrogens is 392 g/mol. The van der Waals surface area contributed by atoms with Gasteiger partial charge in [0.25, 0.3) is 5.91 Å². The summed E-state index contributed by atoms with van der Waals surface area (Å²) < 4.78 is 29.7. The van der Waals surface area contributed by atoms with Gasteiger partial charge in [-0.05, 0) is 56.8 Å². The Kier molecular flexibility index (Phi) is 8.44. The number of piperidine rings is 1. The molecule has 2 fully saturated rings. The second kappa shape index (κ2) is 10.6. The number of halogens is 3. The van der Waals surface area contributed by atoms with Gasteiger partial charge < -0.3 is 20.3 Å². The Morgan fingerprint density at radius 1 is 1.25 bits per heavy atom. The van der Waals surface area contributed by atoms with Gasteiger partial charge in [-0.3, -0.25) is 9.59 Å². The van der Waals surface area contributed by atoms with Gasteiger partial charge in [0.05, 0.1) is 5.56 Å². The van der Waals surface area contributed by atoms with Gasteiger partial charge in [0.2, 0.25) is 5.91 Å². The van der Waals surface area contributed by atoms with Crippen LogP contribution in [0.4, 0.5) is 8.78 Å². The quantitative estimate of drug-likeness (QED) is 0.745. The summed E-state index contributed by atoms with van der Waals surface area (Å²) >= 11 is 0. The second-order valence-corrected chi connectivity index (χ2v) is 6.99. The third-order valence-electron chi connectivity index (χ3n) is 5.11. The lowest BCUT2D eigenvalue weighted by atomic mass is 9.99. The van der Waals surface area contributed by atoms with Gasteiger partial charge in [0, 0.05) is 13.1 Å². The van der Waals surface area contributed by atoms with Crippen molar-refractivity contribution >= 4 is 24.2 Å². The maximum atomic E-state index is 12.9. The van der Waals surface area contributed by atoms with Gasteiger partial charge in [0.15, 0.2) is 0 Å². The van der Waals surface area contributed by atoms with Crippen LogP contribution in [0, 0.1) is 5.92 Å². The number of hydrogen-bond donors (Lipinski definition) is 2. The Bertz CT molecular complexity index is 672. The number of nitrogens with zero attached hydrogens (tertiary/aromatic N) is 1. The number of para-hydroxylation sites is 1. The lowest BCUT2D eigenvalue weighted by molar-refractivity contribution is -0.125. The van der Waals surface area contributed by atoms with E-state index in [1.807, 2.05) is 0 Å². The van der Waals surface area contributed by atoms with E-state index in [9.17, 15) is 18.4 Å². The first kappa shape index (κ1) is 22.4. The van der Waals surface area contributed by atoms with Gasteiger partial charge in [-0.1, -0.05) is 12.1 Å². The summed E-state index contributed by atoms with van der Waals surface area (Å²) in [7, 11) is 0. The molecule has 2 aliphatic heterocycles. The predicted octanol–water partition coefficient (Wildman–Crippen LogP) is 2.43. The van der Waals surface area contributed by atoms with E-state index in [-0.39, 0.29) is 29.6 Å². The van der Waals surface area contributed by atoms with E-state index in [4.69, 9.17) is 0 Å². The van der Waals surface area contributed by atoms with E-state index in [2.05, 4.69) is 15.4 Å². The van der Waals surface area contributed by atoms with Crippen molar-refractivity contribution in [2.24, 2.45) is 5.92 Å². The van der Waals surface area contributed by atoms with Gasteiger partial charge in [-0.2, -0.15) is 8.78 Å². The number of alkyl halides is 2. The average molecular weight is 418 g/mol. The molecule has 3 rings (SSSR count). The maximum absolute atomic E-state index is 12.9. The summed E-state index contributed by atoms with van der Waals surface area (Å²) in [5, 5.41) is 6.26. The molecule has 28 heavy (non-hydrogen) atoms. The molecule has 156 valence electrons. The Labute approximate surface area is 169 Å². The molecular formula is C19H26ClF2N3O3. The first-order valence-corrected chi connectivity index (χ1v) is 9.39. The minimum absolute atomic E-state index is 0. The van der Waals surface area contributed by atoms with Crippen molar-refractivity contribution in [2.45, 2.75) is 38.3 Å². The molecule has 2 amide bonds. The van der Waals surface area contributed by atoms with Crippen LogP contribution in [0.2, 0.25) is 0 Å². The molecule has 1 aromatic carbocycles. The van der Waals surface area contributed by atoms with Crippen LogP contribution in [0.1, 0.15) is 36.0 Å². The number of benzene rings is 1. The highest BCUT2D eigenvalue weighted by Crippen LogP contribution is 2.26. The predicted molar refractivity (Wildman–Crippen MR) is 103 cm³/mol. The van der Waals surface area contributed by atoms with Crippen molar-refractivity contribution in [1.82, 2.24) is 15.5 Å². The standard InChI is InChI=1S/C19H25F2N3O3.ClH/c20-19(21)27-16-8-2-1-6-14(16)18(26)24-10-4-7-15(24)17(25)23-12-13-5-3-9-22-11-13;/h1-2,6,8,13,15,19,22H,3-5,7,9-12H2,(H,23,25);1H. The molecule has 0 aliphatic carbocycles. The summed E-state index contributed by atoms with van der Waals surface area (Å²) in [5.41, 5.74) is 0.0500. The van der Waals surface area contributed by atoms with E-state index >= 15 is 0 Å². The lowest BCUT2D eigenvalue weighted by Gasteiger charge is -2.27. The number of nitrogens with one attached hydrogen (secondary N) is 2.